The van der Waals surface area contributed by atoms with E-state index in [0.717, 1.165) is 35.8 Å². The summed E-state index contributed by atoms with van der Waals surface area (Å²) in [5.41, 5.74) is 2.15. The second-order valence-electron chi connectivity index (χ2n) is 5.08. The number of nitrogens with zero attached hydrogens (tertiary/aromatic N) is 2. The van der Waals surface area contributed by atoms with Gasteiger partial charge >= 0.3 is 141 Å². The molecule has 22 heavy (non-hydrogen) atoms. The van der Waals surface area contributed by atoms with E-state index in [4.69, 9.17) is 16.3 Å². The average Bonchev–Trinajstić information content (AvgIpc) is 2.90. The van der Waals surface area contributed by atoms with Crippen LogP contribution in [0.5, 0.6) is 5.75 Å². The molecule has 0 saturated carbocycles. The van der Waals surface area contributed by atoms with Gasteiger partial charge in [-0.1, -0.05) is 0 Å². The van der Waals surface area contributed by atoms with E-state index < -0.39 is 0 Å². The molecule has 1 aromatic heterocycles. The molecule has 6 heteroatoms. The first-order valence-corrected chi connectivity index (χ1v) is 9.48. The van der Waals surface area contributed by atoms with Gasteiger partial charge in [0.2, 0.25) is 0 Å². The number of carbonyl (C=O) groups is 1. The van der Waals surface area contributed by atoms with Crippen molar-refractivity contribution in [2.45, 2.75) is 39.5 Å². The second kappa shape index (κ2) is 8.47. The summed E-state index contributed by atoms with van der Waals surface area (Å²) in [6.45, 7) is 3.36. The van der Waals surface area contributed by atoms with Crippen molar-refractivity contribution < 1.29 is 9.53 Å². The first kappa shape index (κ1) is 17.2. The Balaban J connectivity index is 1.89. The first-order chi connectivity index (χ1) is 10.6. The number of ether oxygens (including phenoxy) is 1. The Labute approximate surface area is 141 Å². The Morgan fingerprint density at radius 1 is 1.23 bits per heavy atom. The number of hydrogen-bond donors (Lipinski definition) is 0. The van der Waals surface area contributed by atoms with E-state index >= 15 is 0 Å². The fraction of sp³-hybridized carbons (Fsp3) is 0.438. The summed E-state index contributed by atoms with van der Waals surface area (Å²) >= 11 is 6.00. The molecule has 4 nitrogen and oxygen atoms in total. The van der Waals surface area contributed by atoms with Crippen LogP contribution >= 0.6 is 11.6 Å². The minimum atomic E-state index is -0.285. The van der Waals surface area contributed by atoms with Crippen LogP contribution in [0.15, 0.2) is 18.2 Å². The van der Waals surface area contributed by atoms with Crippen LogP contribution in [0, 0.1) is 6.92 Å². The van der Waals surface area contributed by atoms with Crippen LogP contribution in [0.1, 0.15) is 33.6 Å². The van der Waals surface area contributed by atoms with E-state index in [2.05, 4.69) is 16.3 Å². The topological polar surface area (TPSA) is 52.1 Å². The van der Waals surface area contributed by atoms with Crippen LogP contribution in [-0.4, -0.2) is 36.6 Å². The molecule has 0 aliphatic carbocycles. The standard InChI is InChI=1S/C16H19ClN2O2Se/c1-11-6-7-13(10-14(11)21-12(2)20)4-3-5-15-18-19-16(22-15)8-9-17/h6-7,10H,3-5,8-9H2,1-2H3. The average molecular weight is 386 g/mol. The van der Waals surface area contributed by atoms with Crippen molar-refractivity contribution in [3.63, 3.8) is 0 Å². The van der Waals surface area contributed by atoms with E-state index in [0.29, 0.717) is 11.6 Å². The Morgan fingerprint density at radius 2 is 1.95 bits per heavy atom. The van der Waals surface area contributed by atoms with E-state index in [1.165, 1.54) is 17.1 Å². The second-order valence-corrected chi connectivity index (χ2v) is 7.86. The van der Waals surface area contributed by atoms with Crippen molar-refractivity contribution >= 4 is 32.1 Å². The van der Waals surface area contributed by atoms with Gasteiger partial charge in [-0.05, 0) is 0 Å². The molecule has 2 rings (SSSR count). The normalized spacial score (nSPS) is 10.7. The van der Waals surface area contributed by atoms with Crippen molar-refractivity contribution in [2.24, 2.45) is 0 Å². The predicted octanol–water partition coefficient (Wildman–Crippen LogP) is 2.72. The first-order valence-electron chi connectivity index (χ1n) is 7.23. The SMILES string of the molecule is CC(=O)Oc1cc(CCCc2nnc(CCCl)[se]2)ccc1C. The molecule has 0 aliphatic rings. The maximum absolute atomic E-state index is 11.1. The molecular formula is C16H19ClN2O2Se. The quantitative estimate of drug-likeness (QED) is 0.318. The summed E-state index contributed by atoms with van der Waals surface area (Å²) in [6.07, 6.45) is 3.77. The van der Waals surface area contributed by atoms with Gasteiger partial charge in [0.25, 0.3) is 0 Å². The molecule has 0 N–H and O–H groups in total. The van der Waals surface area contributed by atoms with Gasteiger partial charge in [0.15, 0.2) is 0 Å². The summed E-state index contributed by atoms with van der Waals surface area (Å²) in [5.74, 6) is 0.985. The number of aromatic nitrogens is 2. The summed E-state index contributed by atoms with van der Waals surface area (Å²) in [7, 11) is 0. The Hall–Kier alpha value is -1.16. The molecule has 2 aromatic rings. The van der Waals surface area contributed by atoms with Gasteiger partial charge in [-0.15, -0.1) is 0 Å². The predicted molar refractivity (Wildman–Crippen MR) is 87.9 cm³/mol. The fourth-order valence-corrected chi connectivity index (χ4v) is 4.37. The van der Waals surface area contributed by atoms with Gasteiger partial charge in [-0.2, -0.15) is 0 Å². The third-order valence-corrected chi connectivity index (χ3v) is 5.56. The number of alkyl halides is 1. The molecule has 1 heterocycles. The number of hydrogen-bond acceptors (Lipinski definition) is 4. The van der Waals surface area contributed by atoms with Crippen molar-refractivity contribution in [3.05, 3.63) is 38.5 Å². The molecule has 0 saturated heterocycles. The van der Waals surface area contributed by atoms with Crippen LogP contribution < -0.4 is 4.74 Å². The summed E-state index contributed by atoms with van der Waals surface area (Å²) in [6, 6.07) is 6.03. The maximum atomic E-state index is 11.1. The number of rotatable bonds is 7. The molecule has 0 fully saturated rings. The van der Waals surface area contributed by atoms with Crippen molar-refractivity contribution in [1.82, 2.24) is 10.2 Å². The number of benzene rings is 1. The van der Waals surface area contributed by atoms with Crippen LogP contribution in [0.2, 0.25) is 0 Å². The third-order valence-electron chi connectivity index (χ3n) is 3.18. The van der Waals surface area contributed by atoms with Gasteiger partial charge in [-0.25, -0.2) is 0 Å². The van der Waals surface area contributed by atoms with Crippen molar-refractivity contribution in [2.75, 3.05) is 5.88 Å². The van der Waals surface area contributed by atoms with E-state index in [9.17, 15) is 4.79 Å². The molecule has 1 aromatic carbocycles. The fourth-order valence-electron chi connectivity index (χ4n) is 2.08. The summed E-state index contributed by atoms with van der Waals surface area (Å²) in [4.78, 5) is 11.1. The van der Waals surface area contributed by atoms with Crippen LogP contribution in [0.4, 0.5) is 0 Å². The van der Waals surface area contributed by atoms with E-state index in [1.807, 2.05) is 19.1 Å². The molecule has 0 atom stereocenters. The third kappa shape index (κ3) is 5.24. The van der Waals surface area contributed by atoms with Gasteiger partial charge < -0.3 is 0 Å². The summed E-state index contributed by atoms with van der Waals surface area (Å²) < 4.78 is 7.55. The van der Waals surface area contributed by atoms with Crippen LogP contribution in [-0.2, 0) is 24.1 Å². The van der Waals surface area contributed by atoms with Crippen molar-refractivity contribution in [1.29, 1.82) is 0 Å². The van der Waals surface area contributed by atoms with Crippen molar-refractivity contribution in [3.8, 4) is 5.75 Å². The Morgan fingerprint density at radius 3 is 2.64 bits per heavy atom. The summed E-state index contributed by atoms with van der Waals surface area (Å²) in [5, 5.41) is 8.42. The molecular weight excluding hydrogens is 367 g/mol. The molecule has 0 aliphatic heterocycles. The van der Waals surface area contributed by atoms with Gasteiger partial charge in [0, 0.05) is 0 Å². The van der Waals surface area contributed by atoms with Crippen LogP contribution in [0.3, 0.4) is 0 Å². The molecule has 0 unspecified atom stereocenters. The molecule has 0 radical (unpaired) electrons. The van der Waals surface area contributed by atoms with Crippen LogP contribution in [0.25, 0.3) is 0 Å². The monoisotopic (exact) mass is 386 g/mol. The van der Waals surface area contributed by atoms with E-state index in [-0.39, 0.29) is 20.5 Å². The molecule has 0 spiro atoms. The zero-order valence-electron chi connectivity index (χ0n) is 12.8. The number of halogens is 1. The van der Waals surface area contributed by atoms with E-state index in [1.54, 1.807) is 0 Å². The number of esters is 1. The Bertz CT molecular complexity index is 643. The number of aryl methyl sites for hydroxylation is 4. The molecule has 118 valence electrons. The van der Waals surface area contributed by atoms with Gasteiger partial charge in [0.05, 0.1) is 0 Å². The Kier molecular flexibility index (Phi) is 6.62. The van der Waals surface area contributed by atoms with Gasteiger partial charge in [0.1, 0.15) is 0 Å². The van der Waals surface area contributed by atoms with Gasteiger partial charge in [-0.3, -0.25) is 0 Å². The zero-order valence-corrected chi connectivity index (χ0v) is 15.2. The molecule has 0 bridgehead atoms. The number of carbonyl (C=O) groups excluding carboxylic acids is 1. The zero-order chi connectivity index (χ0) is 15.9. The molecule has 0 amide bonds. The minimum absolute atomic E-state index is 0.283.